The van der Waals surface area contributed by atoms with Crippen LogP contribution in [0.4, 0.5) is 0 Å². The van der Waals surface area contributed by atoms with Gasteiger partial charge in [0, 0.05) is 5.56 Å². The zero-order valence-electron chi connectivity index (χ0n) is 9.47. The first kappa shape index (κ1) is 10.4. The molecule has 0 radical (unpaired) electrons. The van der Waals surface area contributed by atoms with Gasteiger partial charge in [-0.05, 0) is 36.2 Å². The second-order valence-corrected chi connectivity index (χ2v) is 5.32. The van der Waals surface area contributed by atoms with Gasteiger partial charge in [0.15, 0.2) is 5.58 Å². The van der Waals surface area contributed by atoms with Gasteiger partial charge in [0.05, 0.1) is 5.52 Å². The molecule has 0 aliphatic carbocycles. The standard InChI is InChI=1S/C12H15NOS/c1-7-5-8(12(2,3)4)10-9(6-7)13-11(15)14-10/h5-6H,1-4H3,(H,13,15). The molecule has 1 N–H and O–H groups in total. The van der Waals surface area contributed by atoms with E-state index in [0.717, 1.165) is 11.1 Å². The number of fused-ring (bicyclic) bond motifs is 1. The molecule has 0 saturated carbocycles. The Morgan fingerprint density at radius 2 is 1.93 bits per heavy atom. The fourth-order valence-electron chi connectivity index (χ4n) is 1.76. The SMILES string of the molecule is Cc1cc(C(C)(C)C)c2oc(=S)[nH]c2c1. The average Bonchev–Trinajstić information content (AvgIpc) is 2.41. The first-order valence-corrected chi connectivity index (χ1v) is 5.43. The van der Waals surface area contributed by atoms with E-state index in [4.69, 9.17) is 16.6 Å². The summed E-state index contributed by atoms with van der Waals surface area (Å²) in [5.41, 5.74) is 4.37. The van der Waals surface area contributed by atoms with Crippen LogP contribution in [0.1, 0.15) is 31.9 Å². The number of aryl methyl sites for hydroxylation is 1. The molecule has 0 aliphatic rings. The molecule has 2 aromatic rings. The molecule has 2 rings (SSSR count). The van der Waals surface area contributed by atoms with Crippen LogP contribution in [0.15, 0.2) is 16.5 Å². The zero-order valence-corrected chi connectivity index (χ0v) is 10.3. The van der Waals surface area contributed by atoms with Crippen molar-refractivity contribution in [3.8, 4) is 0 Å². The molecule has 0 fully saturated rings. The van der Waals surface area contributed by atoms with Crippen molar-refractivity contribution < 1.29 is 4.42 Å². The van der Waals surface area contributed by atoms with Crippen LogP contribution in [0.3, 0.4) is 0 Å². The molecule has 0 unspecified atom stereocenters. The topological polar surface area (TPSA) is 28.9 Å². The molecule has 80 valence electrons. The van der Waals surface area contributed by atoms with Crippen LogP contribution in [0, 0.1) is 11.8 Å². The second kappa shape index (κ2) is 3.20. The Kier molecular flexibility index (Phi) is 2.23. The number of hydrogen-bond acceptors (Lipinski definition) is 2. The van der Waals surface area contributed by atoms with E-state index >= 15 is 0 Å². The van der Waals surface area contributed by atoms with Crippen molar-refractivity contribution in [2.45, 2.75) is 33.1 Å². The fraction of sp³-hybridized carbons (Fsp3) is 0.417. The van der Waals surface area contributed by atoms with Crippen molar-refractivity contribution >= 4 is 23.3 Å². The van der Waals surface area contributed by atoms with E-state index in [2.05, 4.69) is 44.8 Å². The van der Waals surface area contributed by atoms with Gasteiger partial charge in [-0.15, -0.1) is 0 Å². The van der Waals surface area contributed by atoms with Crippen LogP contribution in [0.5, 0.6) is 0 Å². The molecule has 0 spiro atoms. The number of oxazole rings is 1. The summed E-state index contributed by atoms with van der Waals surface area (Å²) in [6, 6.07) is 4.22. The van der Waals surface area contributed by atoms with Crippen molar-refractivity contribution in [2.75, 3.05) is 0 Å². The summed E-state index contributed by atoms with van der Waals surface area (Å²) in [7, 11) is 0. The van der Waals surface area contributed by atoms with E-state index in [0.29, 0.717) is 4.84 Å². The average molecular weight is 221 g/mol. The molecule has 0 amide bonds. The highest BCUT2D eigenvalue weighted by Crippen LogP contribution is 2.30. The lowest BCUT2D eigenvalue weighted by Gasteiger charge is -2.19. The van der Waals surface area contributed by atoms with Crippen molar-refractivity contribution in [3.63, 3.8) is 0 Å². The molecular formula is C12H15NOS. The van der Waals surface area contributed by atoms with Crippen LogP contribution in [0.2, 0.25) is 0 Å². The fourth-order valence-corrected chi connectivity index (χ4v) is 1.95. The minimum Gasteiger partial charge on any atom is -0.429 e. The molecule has 2 nitrogen and oxygen atoms in total. The summed E-state index contributed by atoms with van der Waals surface area (Å²) in [6.07, 6.45) is 0. The molecule has 1 aromatic heterocycles. The van der Waals surface area contributed by atoms with Crippen LogP contribution in [-0.2, 0) is 5.41 Å². The van der Waals surface area contributed by atoms with Crippen molar-refractivity contribution in [3.05, 3.63) is 28.1 Å². The predicted molar refractivity (Wildman–Crippen MR) is 64.8 cm³/mol. The number of H-pyrrole nitrogens is 1. The molecule has 0 saturated heterocycles. The Labute approximate surface area is 94.3 Å². The first-order chi connectivity index (χ1) is 6.88. The third-order valence-electron chi connectivity index (χ3n) is 2.47. The quantitative estimate of drug-likeness (QED) is 0.679. The summed E-state index contributed by atoms with van der Waals surface area (Å²) in [5, 5.41) is 0. The summed E-state index contributed by atoms with van der Waals surface area (Å²) in [6.45, 7) is 8.60. The van der Waals surface area contributed by atoms with Gasteiger partial charge in [-0.1, -0.05) is 26.8 Å². The van der Waals surface area contributed by atoms with E-state index < -0.39 is 0 Å². The summed E-state index contributed by atoms with van der Waals surface area (Å²) in [4.78, 5) is 3.51. The summed E-state index contributed by atoms with van der Waals surface area (Å²) >= 11 is 5.02. The Morgan fingerprint density at radius 1 is 1.27 bits per heavy atom. The summed E-state index contributed by atoms with van der Waals surface area (Å²) < 4.78 is 5.54. The molecule has 1 heterocycles. The number of aromatic amines is 1. The maximum Gasteiger partial charge on any atom is 0.266 e. The van der Waals surface area contributed by atoms with Crippen molar-refractivity contribution in [1.82, 2.24) is 4.98 Å². The van der Waals surface area contributed by atoms with Gasteiger partial charge in [-0.2, -0.15) is 0 Å². The van der Waals surface area contributed by atoms with Crippen LogP contribution < -0.4 is 0 Å². The highest BCUT2D eigenvalue weighted by molar-refractivity contribution is 7.71. The molecule has 0 bridgehead atoms. The van der Waals surface area contributed by atoms with E-state index in [1.807, 2.05) is 0 Å². The Hall–Kier alpha value is -1.09. The number of hydrogen-bond donors (Lipinski definition) is 1. The van der Waals surface area contributed by atoms with Crippen LogP contribution in [0.25, 0.3) is 11.1 Å². The van der Waals surface area contributed by atoms with Gasteiger partial charge in [0.2, 0.25) is 0 Å². The lowest BCUT2D eigenvalue weighted by atomic mass is 9.85. The monoisotopic (exact) mass is 221 g/mol. The smallest absolute Gasteiger partial charge is 0.266 e. The van der Waals surface area contributed by atoms with Gasteiger partial charge < -0.3 is 9.40 Å². The Balaban J connectivity index is 2.88. The highest BCUT2D eigenvalue weighted by atomic mass is 32.1. The largest absolute Gasteiger partial charge is 0.429 e. The van der Waals surface area contributed by atoms with E-state index in [9.17, 15) is 0 Å². The maximum absolute atomic E-state index is 5.54. The minimum absolute atomic E-state index is 0.0672. The van der Waals surface area contributed by atoms with Crippen molar-refractivity contribution in [2.24, 2.45) is 0 Å². The molecule has 0 aliphatic heterocycles. The highest BCUT2D eigenvalue weighted by Gasteiger charge is 2.19. The van der Waals surface area contributed by atoms with E-state index in [1.165, 1.54) is 11.1 Å². The summed E-state index contributed by atoms with van der Waals surface area (Å²) in [5.74, 6) is 0. The van der Waals surface area contributed by atoms with E-state index in [-0.39, 0.29) is 5.41 Å². The number of benzene rings is 1. The minimum atomic E-state index is 0.0672. The van der Waals surface area contributed by atoms with Gasteiger partial charge in [0.1, 0.15) is 0 Å². The van der Waals surface area contributed by atoms with Crippen molar-refractivity contribution in [1.29, 1.82) is 0 Å². The second-order valence-electron chi connectivity index (χ2n) is 4.95. The molecule has 0 atom stereocenters. The zero-order chi connectivity index (χ0) is 11.2. The van der Waals surface area contributed by atoms with Gasteiger partial charge in [0.25, 0.3) is 4.84 Å². The molecular weight excluding hydrogens is 206 g/mol. The van der Waals surface area contributed by atoms with E-state index in [1.54, 1.807) is 0 Å². The normalized spacial score (nSPS) is 12.3. The third-order valence-corrected chi connectivity index (χ3v) is 2.66. The van der Waals surface area contributed by atoms with Crippen LogP contribution in [-0.4, -0.2) is 4.98 Å². The van der Waals surface area contributed by atoms with Gasteiger partial charge in [-0.25, -0.2) is 0 Å². The lowest BCUT2D eigenvalue weighted by Crippen LogP contribution is -2.11. The predicted octanol–water partition coefficient (Wildman–Crippen LogP) is 4.10. The molecule has 15 heavy (non-hydrogen) atoms. The Morgan fingerprint density at radius 3 is 2.53 bits per heavy atom. The number of aromatic nitrogens is 1. The lowest BCUT2D eigenvalue weighted by molar-refractivity contribution is 0.545. The number of rotatable bonds is 0. The first-order valence-electron chi connectivity index (χ1n) is 5.02. The third kappa shape index (κ3) is 1.84. The number of nitrogens with one attached hydrogen (secondary N) is 1. The Bertz CT molecular complexity index is 557. The van der Waals surface area contributed by atoms with Crippen LogP contribution >= 0.6 is 12.2 Å². The maximum atomic E-state index is 5.54. The van der Waals surface area contributed by atoms with Gasteiger partial charge >= 0.3 is 0 Å². The molecule has 1 aromatic carbocycles. The van der Waals surface area contributed by atoms with Gasteiger partial charge in [-0.3, -0.25) is 0 Å². The molecule has 3 heteroatoms.